The smallest absolute Gasteiger partial charge is 0.325 e. The van der Waals surface area contributed by atoms with E-state index in [1.165, 1.54) is 0 Å². The number of hydrogen-bond acceptors (Lipinski definition) is 5. The van der Waals surface area contributed by atoms with Crippen molar-refractivity contribution in [3.8, 4) is 5.75 Å². The molecule has 158 valence electrons. The van der Waals surface area contributed by atoms with Gasteiger partial charge in [-0.2, -0.15) is 0 Å². The number of fused-ring (bicyclic) bond motifs is 1. The first-order chi connectivity index (χ1) is 14.3. The van der Waals surface area contributed by atoms with Gasteiger partial charge in [0.2, 0.25) is 11.8 Å². The molecule has 0 bridgehead atoms. The zero-order valence-corrected chi connectivity index (χ0v) is 17.1. The molecule has 1 saturated heterocycles. The molecule has 0 saturated carbocycles. The van der Waals surface area contributed by atoms with E-state index in [1.54, 1.807) is 27.0 Å². The number of amides is 5. The van der Waals surface area contributed by atoms with Crippen LogP contribution in [0.15, 0.2) is 36.4 Å². The summed E-state index contributed by atoms with van der Waals surface area (Å²) in [6.45, 7) is 3.12. The predicted octanol–water partition coefficient (Wildman–Crippen LogP) is 0.868. The van der Waals surface area contributed by atoms with Crippen molar-refractivity contribution in [3.05, 3.63) is 42.0 Å². The van der Waals surface area contributed by atoms with E-state index in [-0.39, 0.29) is 12.5 Å². The fraction of sp³-hybridized carbons (Fsp3) is 0.333. The molecule has 0 unspecified atom stereocenters. The normalized spacial score (nSPS) is 18.3. The average Bonchev–Trinajstić information content (AvgIpc) is 2.95. The Balaban J connectivity index is 1.76. The summed E-state index contributed by atoms with van der Waals surface area (Å²) in [5, 5.41) is 9.44. The molecule has 9 heteroatoms. The molecule has 2 aromatic carbocycles. The van der Waals surface area contributed by atoms with E-state index in [0.29, 0.717) is 12.1 Å². The second kappa shape index (κ2) is 8.40. The Morgan fingerprint density at radius 1 is 1.07 bits per heavy atom. The van der Waals surface area contributed by atoms with Crippen LogP contribution in [0.3, 0.4) is 0 Å². The number of carbonyl (C=O) groups is 4. The van der Waals surface area contributed by atoms with E-state index >= 15 is 0 Å². The summed E-state index contributed by atoms with van der Waals surface area (Å²) in [4.78, 5) is 49.8. The maximum Gasteiger partial charge on any atom is 0.325 e. The quantitative estimate of drug-likeness (QED) is 0.584. The van der Waals surface area contributed by atoms with Crippen LogP contribution in [0.5, 0.6) is 5.75 Å². The summed E-state index contributed by atoms with van der Waals surface area (Å²) in [7, 11) is 1.59. The van der Waals surface area contributed by atoms with Crippen LogP contribution in [-0.2, 0) is 19.9 Å². The summed E-state index contributed by atoms with van der Waals surface area (Å²) in [6.07, 6.45) is 0. The third kappa shape index (κ3) is 4.05. The van der Waals surface area contributed by atoms with Gasteiger partial charge in [0.05, 0.1) is 13.7 Å². The third-order valence-corrected chi connectivity index (χ3v) is 5.02. The molecule has 0 radical (unpaired) electrons. The van der Waals surface area contributed by atoms with E-state index in [9.17, 15) is 19.2 Å². The molecule has 1 heterocycles. The molecule has 0 spiro atoms. The van der Waals surface area contributed by atoms with Crippen LogP contribution in [-0.4, -0.2) is 55.4 Å². The van der Waals surface area contributed by atoms with E-state index in [0.717, 1.165) is 21.4 Å². The van der Waals surface area contributed by atoms with Crippen LogP contribution in [0.25, 0.3) is 10.8 Å². The molecule has 0 aliphatic carbocycles. The van der Waals surface area contributed by atoms with Gasteiger partial charge >= 0.3 is 6.03 Å². The van der Waals surface area contributed by atoms with E-state index < -0.39 is 29.9 Å². The van der Waals surface area contributed by atoms with Gasteiger partial charge in [-0.15, -0.1) is 0 Å². The van der Waals surface area contributed by atoms with Crippen LogP contribution >= 0.6 is 0 Å². The fourth-order valence-electron chi connectivity index (χ4n) is 3.34. The number of methoxy groups -OCH3 is 1. The summed E-state index contributed by atoms with van der Waals surface area (Å²) in [6, 6.07) is 10.3. The first kappa shape index (κ1) is 21.1. The van der Waals surface area contributed by atoms with E-state index in [2.05, 4.69) is 16.0 Å². The number of carbonyl (C=O) groups excluding carboxylic acids is 4. The highest BCUT2D eigenvalue weighted by molar-refractivity contribution is 6.09. The lowest BCUT2D eigenvalue weighted by Crippen LogP contribution is -2.45. The lowest BCUT2D eigenvalue weighted by atomic mass is 9.90. The van der Waals surface area contributed by atoms with Gasteiger partial charge in [0.25, 0.3) is 5.91 Å². The summed E-state index contributed by atoms with van der Waals surface area (Å²) < 4.78 is 5.22. The highest BCUT2D eigenvalue weighted by Gasteiger charge is 2.49. The maximum atomic E-state index is 13.0. The lowest BCUT2D eigenvalue weighted by Gasteiger charge is -2.22. The maximum absolute atomic E-state index is 13.0. The van der Waals surface area contributed by atoms with Gasteiger partial charge in [-0.3, -0.25) is 19.3 Å². The number of rotatable bonds is 7. The van der Waals surface area contributed by atoms with Crippen LogP contribution < -0.4 is 20.7 Å². The van der Waals surface area contributed by atoms with Crippen molar-refractivity contribution in [1.29, 1.82) is 0 Å². The van der Waals surface area contributed by atoms with Crippen LogP contribution in [0.2, 0.25) is 0 Å². The van der Waals surface area contributed by atoms with Gasteiger partial charge in [0.1, 0.15) is 17.8 Å². The summed E-state index contributed by atoms with van der Waals surface area (Å²) in [5.74, 6) is -0.759. The Hall–Kier alpha value is -3.62. The molecule has 0 aromatic heterocycles. The van der Waals surface area contributed by atoms with Crippen molar-refractivity contribution in [1.82, 2.24) is 20.9 Å². The van der Waals surface area contributed by atoms with Crippen molar-refractivity contribution >= 4 is 34.5 Å². The molecule has 9 nitrogen and oxygen atoms in total. The number of nitrogens with one attached hydrogen (secondary N) is 3. The molecule has 1 atom stereocenters. The Labute approximate surface area is 173 Å². The molecule has 2 aromatic rings. The monoisotopic (exact) mass is 412 g/mol. The number of benzene rings is 2. The number of imide groups is 1. The third-order valence-electron chi connectivity index (χ3n) is 5.02. The second-order valence-corrected chi connectivity index (χ2v) is 7.10. The Morgan fingerprint density at radius 3 is 2.47 bits per heavy atom. The molecule has 30 heavy (non-hydrogen) atoms. The Bertz CT molecular complexity index is 1020. The Morgan fingerprint density at radius 2 is 1.77 bits per heavy atom. The van der Waals surface area contributed by atoms with Gasteiger partial charge < -0.3 is 20.7 Å². The topological polar surface area (TPSA) is 117 Å². The predicted molar refractivity (Wildman–Crippen MR) is 110 cm³/mol. The Kier molecular flexibility index (Phi) is 5.91. The SMILES string of the molecule is CCNC(=O)CNC(=O)CN1C(=O)N[C@@](C)(c2ccc3cc(OC)ccc3c2)C1=O. The van der Waals surface area contributed by atoms with E-state index in [1.807, 2.05) is 30.3 Å². The minimum absolute atomic E-state index is 0.221. The minimum Gasteiger partial charge on any atom is -0.497 e. The van der Waals surface area contributed by atoms with Crippen LogP contribution in [0.4, 0.5) is 4.79 Å². The number of nitrogens with zero attached hydrogens (tertiary/aromatic N) is 1. The number of likely N-dealkylation sites (N-methyl/N-ethyl adjacent to an activating group) is 1. The van der Waals surface area contributed by atoms with Crippen molar-refractivity contribution in [2.45, 2.75) is 19.4 Å². The number of hydrogen-bond donors (Lipinski definition) is 3. The van der Waals surface area contributed by atoms with Crippen LogP contribution in [0.1, 0.15) is 19.4 Å². The highest BCUT2D eigenvalue weighted by atomic mass is 16.5. The van der Waals surface area contributed by atoms with Crippen molar-refractivity contribution in [3.63, 3.8) is 0 Å². The standard InChI is InChI=1S/C21H24N4O5/c1-4-22-17(26)11-23-18(27)12-25-19(28)21(2,24-20(25)29)15-7-5-14-10-16(30-3)8-6-13(14)9-15/h5-10H,4,11-12H2,1-3H3,(H,22,26)(H,23,27)(H,24,29)/t21-/m0/s1. The van der Waals surface area contributed by atoms with Crippen LogP contribution in [0, 0.1) is 0 Å². The van der Waals surface area contributed by atoms with Gasteiger partial charge in [-0.05, 0) is 48.4 Å². The highest BCUT2D eigenvalue weighted by Crippen LogP contribution is 2.31. The average molecular weight is 412 g/mol. The zero-order chi connectivity index (χ0) is 21.9. The fourth-order valence-corrected chi connectivity index (χ4v) is 3.34. The largest absolute Gasteiger partial charge is 0.497 e. The minimum atomic E-state index is -1.30. The molecule has 5 amide bonds. The molecular formula is C21H24N4O5. The van der Waals surface area contributed by atoms with Crippen molar-refractivity contribution in [2.75, 3.05) is 26.7 Å². The van der Waals surface area contributed by atoms with Gasteiger partial charge in [0.15, 0.2) is 0 Å². The summed E-state index contributed by atoms with van der Waals surface area (Å²) >= 11 is 0. The molecule has 1 aliphatic heterocycles. The summed E-state index contributed by atoms with van der Waals surface area (Å²) in [5.41, 5.74) is -0.700. The molecule has 1 aliphatic rings. The van der Waals surface area contributed by atoms with E-state index in [4.69, 9.17) is 4.74 Å². The van der Waals surface area contributed by atoms with Crippen molar-refractivity contribution < 1.29 is 23.9 Å². The first-order valence-corrected chi connectivity index (χ1v) is 9.54. The second-order valence-electron chi connectivity index (χ2n) is 7.10. The molecule has 3 N–H and O–H groups in total. The molecule has 1 fully saturated rings. The molecular weight excluding hydrogens is 388 g/mol. The number of ether oxygens (including phenoxy) is 1. The van der Waals surface area contributed by atoms with Gasteiger partial charge in [0, 0.05) is 6.54 Å². The first-order valence-electron chi connectivity index (χ1n) is 9.54. The molecule has 3 rings (SSSR count). The lowest BCUT2D eigenvalue weighted by molar-refractivity contribution is -0.135. The van der Waals surface area contributed by atoms with Gasteiger partial charge in [-0.1, -0.05) is 18.2 Å². The van der Waals surface area contributed by atoms with Crippen molar-refractivity contribution in [2.24, 2.45) is 0 Å². The zero-order valence-electron chi connectivity index (χ0n) is 17.1. The number of urea groups is 1. The van der Waals surface area contributed by atoms with Gasteiger partial charge in [-0.25, -0.2) is 4.79 Å².